The number of nitrogens with one attached hydrogen (secondary N) is 1. The van der Waals surface area contributed by atoms with Gasteiger partial charge in [-0.05, 0) is 38.0 Å². The molecule has 3 heterocycles. The molecule has 1 aliphatic rings. The molecule has 2 aromatic heterocycles. The first kappa shape index (κ1) is 25.5. The van der Waals surface area contributed by atoms with E-state index in [1.165, 1.54) is 0 Å². The first-order chi connectivity index (χ1) is 15.0. The van der Waals surface area contributed by atoms with Gasteiger partial charge in [0, 0.05) is 28.9 Å². The molecule has 1 N–H and O–H groups in total. The Morgan fingerprint density at radius 3 is 2.59 bits per heavy atom. The van der Waals surface area contributed by atoms with Gasteiger partial charge >= 0.3 is 34.7 Å². The van der Waals surface area contributed by atoms with Gasteiger partial charge in [0.1, 0.15) is 5.75 Å². The molecular weight excluding hydrogens is 437 g/mol. The summed E-state index contributed by atoms with van der Waals surface area (Å²) in [7, 11) is 0. The number of nitrogens with zero attached hydrogens (tertiary/aromatic N) is 2. The number of fused-ring (bicyclic) bond motifs is 1. The van der Waals surface area contributed by atoms with E-state index in [4.69, 9.17) is 14.2 Å². The molecule has 4 rings (SSSR count). The Morgan fingerprint density at radius 1 is 1.19 bits per heavy atom. The van der Waals surface area contributed by atoms with Gasteiger partial charge in [0.05, 0.1) is 36.5 Å². The van der Waals surface area contributed by atoms with Crippen LogP contribution in [0.1, 0.15) is 37.9 Å². The molecule has 1 unspecified atom stereocenters. The van der Waals surface area contributed by atoms with E-state index in [0.29, 0.717) is 25.0 Å². The van der Waals surface area contributed by atoms with Crippen molar-refractivity contribution in [2.75, 3.05) is 19.8 Å². The summed E-state index contributed by atoms with van der Waals surface area (Å²) < 4.78 is 30.9. The molecule has 168 valence electrons. The van der Waals surface area contributed by atoms with Crippen molar-refractivity contribution in [1.29, 1.82) is 0 Å². The van der Waals surface area contributed by atoms with Gasteiger partial charge in [0.15, 0.2) is 11.5 Å². The fourth-order valence-corrected chi connectivity index (χ4v) is 4.78. The monoisotopic (exact) mass is 467 g/mol. The molecule has 32 heavy (non-hydrogen) atoms. The van der Waals surface area contributed by atoms with Crippen molar-refractivity contribution in [2.45, 2.75) is 50.3 Å². The van der Waals surface area contributed by atoms with Gasteiger partial charge in [-0.15, -0.1) is 0 Å². The molecule has 0 amide bonds. The summed E-state index contributed by atoms with van der Waals surface area (Å²) in [6, 6.07) is 9.50. The maximum atomic E-state index is 12.9. The van der Waals surface area contributed by atoms with Crippen molar-refractivity contribution in [1.82, 2.24) is 15.0 Å². The van der Waals surface area contributed by atoms with Crippen molar-refractivity contribution in [2.24, 2.45) is 5.92 Å². The van der Waals surface area contributed by atoms with E-state index >= 15 is 0 Å². The Labute approximate surface area is 214 Å². The molecule has 0 bridgehead atoms. The number of rotatable bonds is 8. The molecule has 0 spiro atoms. The van der Waals surface area contributed by atoms with Crippen molar-refractivity contribution >= 4 is 51.8 Å². The maximum absolute atomic E-state index is 12.9. The molecule has 7 nitrogen and oxygen atoms in total. The fourth-order valence-electron chi connectivity index (χ4n) is 3.68. The minimum atomic E-state index is -1.33. The van der Waals surface area contributed by atoms with Crippen LogP contribution in [-0.2, 0) is 26.4 Å². The van der Waals surface area contributed by atoms with E-state index in [0.717, 1.165) is 40.9 Å². The predicted molar refractivity (Wildman–Crippen MR) is 127 cm³/mol. The third-order valence-electron chi connectivity index (χ3n) is 5.83. The number of hydrogen-bond donors (Lipinski definition) is 1. The van der Waals surface area contributed by atoms with E-state index in [1.54, 1.807) is 6.20 Å². The Hall–Kier alpha value is -1.13. The molecule has 3 aromatic rings. The Bertz CT molecular complexity index is 984. The topological polar surface area (TPSA) is 92.3 Å². The van der Waals surface area contributed by atoms with Crippen molar-refractivity contribution < 1.29 is 18.8 Å². The second-order valence-corrected chi connectivity index (χ2v) is 9.21. The van der Waals surface area contributed by atoms with Gasteiger partial charge in [0.25, 0.3) is 0 Å². The normalized spacial score (nSPS) is 17.1. The van der Waals surface area contributed by atoms with Gasteiger partial charge in [-0.25, -0.2) is 0 Å². The van der Waals surface area contributed by atoms with Crippen molar-refractivity contribution in [3.8, 4) is 5.75 Å². The number of hydrogen-bond acceptors (Lipinski definition) is 6. The van der Waals surface area contributed by atoms with Crippen LogP contribution in [0.5, 0.6) is 5.75 Å². The number of aromatic amines is 1. The summed E-state index contributed by atoms with van der Waals surface area (Å²) in [5, 5.41) is 0.459. The van der Waals surface area contributed by atoms with Crippen LogP contribution in [0.15, 0.2) is 41.7 Å². The number of para-hydroxylation sites is 2. The molecule has 1 saturated heterocycles. The summed E-state index contributed by atoms with van der Waals surface area (Å²) in [5.41, 5.74) is 3.31. The van der Waals surface area contributed by atoms with Gasteiger partial charge < -0.3 is 18.8 Å². The summed E-state index contributed by atoms with van der Waals surface area (Å²) in [5.74, 6) is 0.742. The minimum absolute atomic E-state index is 0. The second-order valence-electron chi connectivity index (χ2n) is 7.85. The molecular formula is C23H30N3NaO4S. The predicted octanol–water partition coefficient (Wildman–Crippen LogP) is 3.48. The molecule has 0 saturated carbocycles. The molecule has 0 radical (unpaired) electrons. The zero-order valence-corrected chi connectivity index (χ0v) is 19.0. The fraction of sp³-hybridized carbons (Fsp3) is 0.478. The van der Waals surface area contributed by atoms with Crippen LogP contribution in [0.3, 0.4) is 0 Å². The van der Waals surface area contributed by atoms with Gasteiger partial charge in [-0.2, -0.15) is 4.98 Å². The van der Waals surface area contributed by atoms with Crippen LogP contribution < -0.4 is 4.74 Å². The number of H-pyrrole nitrogens is 1. The Balaban J connectivity index is 0.00000289. The zero-order valence-electron chi connectivity index (χ0n) is 18.2. The van der Waals surface area contributed by atoms with Crippen LogP contribution in [0.25, 0.3) is 11.0 Å². The molecule has 1 atom stereocenters. The molecule has 1 aromatic carbocycles. The molecule has 0 aliphatic carbocycles. The zero-order chi connectivity index (χ0) is 21.8. The molecule has 1 fully saturated rings. The van der Waals surface area contributed by atoms with E-state index < -0.39 is 17.0 Å². The van der Waals surface area contributed by atoms with Crippen LogP contribution in [0.4, 0.5) is 0 Å². The molecule has 9 heteroatoms. The number of imidazole rings is 1. The molecule has 1 aliphatic heterocycles. The van der Waals surface area contributed by atoms with E-state index in [-0.39, 0.29) is 41.2 Å². The quantitative estimate of drug-likeness (QED) is 0.403. The SMILES string of the molecule is CCC1(CC)OCC(COc2ccnc(C[S+]([O-])c3nc4ccccc4[nH]3)c2C)CO1.[NaH]. The Morgan fingerprint density at radius 2 is 1.91 bits per heavy atom. The van der Waals surface area contributed by atoms with E-state index in [2.05, 4.69) is 28.8 Å². The average molecular weight is 468 g/mol. The summed E-state index contributed by atoms with van der Waals surface area (Å²) in [6.07, 6.45) is 3.37. The van der Waals surface area contributed by atoms with Crippen LogP contribution in [0.2, 0.25) is 0 Å². The number of aromatic nitrogens is 3. The third-order valence-corrected chi connectivity index (χ3v) is 6.99. The van der Waals surface area contributed by atoms with Gasteiger partial charge in [-0.3, -0.25) is 9.97 Å². The number of pyridine rings is 1. The number of ether oxygens (including phenoxy) is 3. The summed E-state index contributed by atoms with van der Waals surface area (Å²) in [4.78, 5) is 12.0. The van der Waals surface area contributed by atoms with Gasteiger partial charge in [0.2, 0.25) is 0 Å². The van der Waals surface area contributed by atoms with E-state index in [9.17, 15) is 4.55 Å². The van der Waals surface area contributed by atoms with Crippen LogP contribution in [0, 0.1) is 12.8 Å². The van der Waals surface area contributed by atoms with Crippen molar-refractivity contribution in [3.05, 3.63) is 47.8 Å². The third kappa shape index (κ3) is 5.67. The van der Waals surface area contributed by atoms with Crippen LogP contribution in [-0.4, -0.2) is 74.7 Å². The van der Waals surface area contributed by atoms with E-state index in [1.807, 2.05) is 37.3 Å². The summed E-state index contributed by atoms with van der Waals surface area (Å²) in [6.45, 7) is 7.85. The van der Waals surface area contributed by atoms with Gasteiger partial charge in [-0.1, -0.05) is 26.0 Å². The second kappa shape index (κ2) is 11.3. The first-order valence-electron chi connectivity index (χ1n) is 10.7. The number of benzene rings is 1. The first-order valence-corrected chi connectivity index (χ1v) is 12.0. The Kier molecular flexibility index (Phi) is 9.03. The van der Waals surface area contributed by atoms with Crippen LogP contribution >= 0.6 is 0 Å². The average Bonchev–Trinajstić information content (AvgIpc) is 3.25. The summed E-state index contributed by atoms with van der Waals surface area (Å²) >= 11 is -1.33. The van der Waals surface area contributed by atoms with Crippen molar-refractivity contribution in [3.63, 3.8) is 0 Å². The standard InChI is InChI=1S/C23H29N3O4S.Na.H/c1-4-23(5-2)29-13-17(14-30-23)12-28-21-10-11-24-20(16(21)3)15-31(27)22-25-18-8-6-7-9-19(18)26-22;;/h6-11,17H,4-5,12-15H2,1-3H3,(H,25,26);;.